The zero-order chi connectivity index (χ0) is 48.1. The molecule has 0 radical (unpaired) electrons. The maximum atomic E-state index is 13.0. The molecule has 6 N–H and O–H groups in total. The first-order valence-electron chi connectivity index (χ1n) is 27.6. The summed E-state index contributed by atoms with van der Waals surface area (Å²) in [4.78, 5) is 25.0. The van der Waals surface area contributed by atoms with Crippen molar-refractivity contribution in [3.8, 4) is 0 Å². The molecule has 11 heteroatoms. The van der Waals surface area contributed by atoms with Gasteiger partial charge < -0.3 is 45.1 Å². The Bertz CT molecular complexity index is 1150. The topological polar surface area (TPSA) is 175 Å². The van der Waals surface area contributed by atoms with Gasteiger partial charge in [-0.25, -0.2) is 0 Å². The van der Waals surface area contributed by atoms with Crippen LogP contribution in [0.4, 0.5) is 0 Å². The van der Waals surface area contributed by atoms with E-state index < -0.39 is 49.5 Å². The first kappa shape index (κ1) is 62.2. The second-order valence-corrected chi connectivity index (χ2v) is 19.3. The van der Waals surface area contributed by atoms with Crippen LogP contribution in [-0.4, -0.2) is 100 Å². The molecule has 388 valence electrons. The van der Waals surface area contributed by atoms with E-state index >= 15 is 0 Å². The monoisotopic (exact) mass is 938 g/mol. The largest absolute Gasteiger partial charge is 0.466 e. The van der Waals surface area contributed by atoms with E-state index in [4.69, 9.17) is 14.2 Å². The van der Waals surface area contributed by atoms with E-state index in [2.05, 4.69) is 31.3 Å². The molecule has 0 aromatic carbocycles. The van der Waals surface area contributed by atoms with E-state index in [9.17, 15) is 35.1 Å². The van der Waals surface area contributed by atoms with Crippen LogP contribution in [-0.2, 0) is 23.8 Å². The normalized spacial score (nSPS) is 19.8. The van der Waals surface area contributed by atoms with Gasteiger partial charge in [0.1, 0.15) is 24.4 Å². The number of unbranched alkanes of at least 4 members (excludes halogenated alkanes) is 31. The number of hydrogen-bond acceptors (Lipinski definition) is 10. The molecular formula is C55H103NO10. The van der Waals surface area contributed by atoms with Crippen molar-refractivity contribution >= 4 is 11.9 Å². The van der Waals surface area contributed by atoms with Gasteiger partial charge >= 0.3 is 5.97 Å². The van der Waals surface area contributed by atoms with E-state index in [1.54, 1.807) is 6.08 Å². The summed E-state index contributed by atoms with van der Waals surface area (Å²) in [7, 11) is 0. The summed E-state index contributed by atoms with van der Waals surface area (Å²) < 4.78 is 16.7. The molecule has 66 heavy (non-hydrogen) atoms. The fourth-order valence-electron chi connectivity index (χ4n) is 8.63. The fraction of sp³-hybridized carbons (Fsp3) is 0.891. The molecule has 1 aliphatic rings. The first-order chi connectivity index (χ1) is 32.2. The van der Waals surface area contributed by atoms with Crippen molar-refractivity contribution in [2.45, 2.75) is 294 Å². The Hall–Kier alpha value is -1.86. The lowest BCUT2D eigenvalue weighted by molar-refractivity contribution is -0.302. The SMILES string of the molecule is CCCCCCCC/C=C/CC/C=C/C(O)C(COC1OC(CO)C(O)C(O)C1O)NC(=O)CCCCCCCCCCCCCCCCCOC(=O)CCCCCCCCCCCCC. The van der Waals surface area contributed by atoms with Crippen molar-refractivity contribution in [1.29, 1.82) is 0 Å². The number of nitrogens with one attached hydrogen (secondary N) is 1. The summed E-state index contributed by atoms with van der Waals surface area (Å²) in [5, 5.41) is 54.2. The lowest BCUT2D eigenvalue weighted by Crippen LogP contribution is -2.60. The number of rotatable bonds is 47. The summed E-state index contributed by atoms with van der Waals surface area (Å²) in [5.74, 6) is -0.221. The van der Waals surface area contributed by atoms with E-state index in [1.807, 2.05) is 6.08 Å². The number of aliphatic hydroxyl groups is 5. The summed E-state index contributed by atoms with van der Waals surface area (Å²) in [6.45, 7) is 4.28. The van der Waals surface area contributed by atoms with Gasteiger partial charge in [0.15, 0.2) is 6.29 Å². The van der Waals surface area contributed by atoms with Gasteiger partial charge in [0.25, 0.3) is 0 Å². The first-order valence-corrected chi connectivity index (χ1v) is 27.6. The summed E-state index contributed by atoms with van der Waals surface area (Å²) in [6, 6.07) is -0.832. The third-order valence-corrected chi connectivity index (χ3v) is 13.1. The quantitative estimate of drug-likeness (QED) is 0.0196. The Kier molecular flexibility index (Phi) is 42.9. The van der Waals surface area contributed by atoms with Crippen LogP contribution in [0.3, 0.4) is 0 Å². The summed E-state index contributed by atoms with van der Waals surface area (Å²) in [6.07, 6.45) is 42.5. The predicted octanol–water partition coefficient (Wildman–Crippen LogP) is 11.8. The van der Waals surface area contributed by atoms with Crippen LogP contribution in [0.25, 0.3) is 0 Å². The summed E-state index contributed by atoms with van der Waals surface area (Å²) in [5.41, 5.74) is 0. The molecule has 7 unspecified atom stereocenters. The van der Waals surface area contributed by atoms with Crippen molar-refractivity contribution < 1.29 is 49.3 Å². The molecular weight excluding hydrogens is 835 g/mol. The lowest BCUT2D eigenvalue weighted by atomic mass is 9.99. The molecule has 0 aromatic heterocycles. The van der Waals surface area contributed by atoms with Gasteiger partial charge in [-0.2, -0.15) is 0 Å². The maximum Gasteiger partial charge on any atom is 0.305 e. The molecule has 0 saturated carbocycles. The highest BCUT2D eigenvalue weighted by Crippen LogP contribution is 2.23. The molecule has 1 heterocycles. The minimum Gasteiger partial charge on any atom is -0.466 e. The second kappa shape index (κ2) is 45.6. The smallest absolute Gasteiger partial charge is 0.305 e. The molecule has 0 spiro atoms. The van der Waals surface area contributed by atoms with Crippen molar-refractivity contribution in [3.05, 3.63) is 24.3 Å². The number of hydrogen-bond donors (Lipinski definition) is 6. The average Bonchev–Trinajstić information content (AvgIpc) is 3.31. The molecule has 1 fully saturated rings. The van der Waals surface area contributed by atoms with Gasteiger partial charge in [-0.3, -0.25) is 9.59 Å². The van der Waals surface area contributed by atoms with Gasteiger partial charge in [0.05, 0.1) is 32.0 Å². The highest BCUT2D eigenvalue weighted by atomic mass is 16.7. The Balaban J connectivity index is 2.15. The third-order valence-electron chi connectivity index (χ3n) is 13.1. The van der Waals surface area contributed by atoms with E-state index in [0.29, 0.717) is 19.4 Å². The van der Waals surface area contributed by atoms with Gasteiger partial charge in [0, 0.05) is 12.8 Å². The van der Waals surface area contributed by atoms with Crippen LogP contribution in [0.15, 0.2) is 24.3 Å². The number of aliphatic hydroxyl groups excluding tert-OH is 5. The highest BCUT2D eigenvalue weighted by molar-refractivity contribution is 5.76. The third kappa shape index (κ3) is 35.3. The van der Waals surface area contributed by atoms with Gasteiger partial charge in [-0.05, 0) is 44.9 Å². The Morgan fingerprint density at radius 1 is 0.545 bits per heavy atom. The van der Waals surface area contributed by atoms with E-state index in [1.165, 1.54) is 154 Å². The molecule has 1 aliphatic heterocycles. The van der Waals surface area contributed by atoms with Crippen LogP contribution in [0.5, 0.6) is 0 Å². The number of amides is 1. The van der Waals surface area contributed by atoms with Crippen LogP contribution in [0, 0.1) is 0 Å². The molecule has 1 saturated heterocycles. The molecule has 11 nitrogen and oxygen atoms in total. The number of ether oxygens (including phenoxy) is 3. The molecule has 0 aromatic rings. The number of carbonyl (C=O) groups excluding carboxylic acids is 2. The Labute approximate surface area is 403 Å². The van der Waals surface area contributed by atoms with Gasteiger partial charge in [-0.15, -0.1) is 0 Å². The summed E-state index contributed by atoms with van der Waals surface area (Å²) >= 11 is 0. The standard InChI is InChI=1S/C55H103NO10/c1-3-5-7-9-11-13-15-22-25-29-33-37-41-48(58)47(46-65-55-54(63)53(62)52(61)49(45-57)66-55)56-50(59)42-38-34-30-26-23-19-17-16-18-20-24-28-32-36-40-44-64-51(60)43-39-35-31-27-21-14-12-10-8-6-4-2/h22,25,37,41,47-49,52-55,57-58,61-63H,3-21,23-24,26-36,38-40,42-46H2,1-2H3,(H,56,59)/b25-22+,41-37+. The zero-order valence-electron chi connectivity index (χ0n) is 42.4. The van der Waals surface area contributed by atoms with Gasteiger partial charge in [0.2, 0.25) is 5.91 Å². The highest BCUT2D eigenvalue weighted by Gasteiger charge is 2.44. The van der Waals surface area contributed by atoms with Crippen molar-refractivity contribution in [2.75, 3.05) is 19.8 Å². The molecule has 7 atom stereocenters. The predicted molar refractivity (Wildman–Crippen MR) is 269 cm³/mol. The Morgan fingerprint density at radius 2 is 0.985 bits per heavy atom. The molecule has 1 amide bonds. The number of esters is 1. The minimum atomic E-state index is -1.58. The minimum absolute atomic E-state index is 0.0199. The number of carbonyl (C=O) groups is 2. The second-order valence-electron chi connectivity index (χ2n) is 19.3. The van der Waals surface area contributed by atoms with Crippen molar-refractivity contribution in [2.24, 2.45) is 0 Å². The van der Waals surface area contributed by atoms with Crippen molar-refractivity contribution in [1.82, 2.24) is 5.32 Å². The fourth-order valence-corrected chi connectivity index (χ4v) is 8.63. The van der Waals surface area contributed by atoms with E-state index in [0.717, 1.165) is 70.6 Å². The zero-order valence-corrected chi connectivity index (χ0v) is 42.4. The lowest BCUT2D eigenvalue weighted by Gasteiger charge is -2.40. The Morgan fingerprint density at radius 3 is 1.50 bits per heavy atom. The van der Waals surface area contributed by atoms with Gasteiger partial charge in [-0.1, -0.05) is 218 Å². The molecule has 1 rings (SSSR count). The van der Waals surface area contributed by atoms with Crippen LogP contribution < -0.4 is 5.32 Å². The van der Waals surface area contributed by atoms with Crippen LogP contribution >= 0.6 is 0 Å². The maximum absolute atomic E-state index is 13.0. The molecule has 0 aliphatic carbocycles. The van der Waals surface area contributed by atoms with E-state index in [-0.39, 0.29) is 18.5 Å². The average molecular weight is 938 g/mol. The number of allylic oxidation sites excluding steroid dienone is 3. The van der Waals surface area contributed by atoms with Crippen LogP contribution in [0.2, 0.25) is 0 Å². The molecule has 0 bridgehead atoms. The van der Waals surface area contributed by atoms with Crippen molar-refractivity contribution in [3.63, 3.8) is 0 Å². The van der Waals surface area contributed by atoms with Crippen LogP contribution in [0.1, 0.15) is 251 Å².